The molecule has 2 N–H and O–H groups in total. The van der Waals surface area contributed by atoms with Gasteiger partial charge in [-0.3, -0.25) is 20.1 Å². The molecule has 1 aromatic heterocycles. The molecule has 0 radical (unpaired) electrons. The van der Waals surface area contributed by atoms with Crippen LogP contribution in [-0.2, 0) is 62.4 Å². The third-order valence-electron chi connectivity index (χ3n) is 13.6. The minimum atomic E-state index is -1.68. The summed E-state index contributed by atoms with van der Waals surface area (Å²) in [6.07, 6.45) is 1.44. The minimum absolute atomic E-state index is 0.0430. The van der Waals surface area contributed by atoms with Crippen LogP contribution in [0.4, 0.5) is 0 Å². The molecule has 448 valence electrons. The number of ketones is 3. The van der Waals surface area contributed by atoms with Gasteiger partial charge in [0.15, 0.2) is 17.3 Å². The average molecular weight is 1150 g/mol. The van der Waals surface area contributed by atoms with Gasteiger partial charge in [0.1, 0.15) is 36.6 Å². The number of carbonyl (C=O) groups is 8. The Morgan fingerprint density at radius 1 is 0.506 bits per heavy atom. The van der Waals surface area contributed by atoms with Crippen LogP contribution in [0.1, 0.15) is 164 Å². The van der Waals surface area contributed by atoms with Crippen molar-refractivity contribution in [1.82, 2.24) is 13.7 Å². The van der Waals surface area contributed by atoms with Gasteiger partial charge >= 0.3 is 46.9 Å². The van der Waals surface area contributed by atoms with Gasteiger partial charge in [0, 0.05) is 17.9 Å². The fourth-order valence-corrected chi connectivity index (χ4v) is 8.43. The molecule has 0 fully saturated rings. The Labute approximate surface area is 481 Å². The third-order valence-corrected chi connectivity index (χ3v) is 13.6. The quantitative estimate of drug-likeness (QED) is 0.0173. The zero-order valence-corrected chi connectivity index (χ0v) is 49.2. The lowest BCUT2D eigenvalue weighted by atomic mass is 9.90. The summed E-state index contributed by atoms with van der Waals surface area (Å²) in [5, 5.41) is 0. The molecule has 0 amide bonds. The van der Waals surface area contributed by atoms with Gasteiger partial charge in [0.25, 0.3) is 0 Å². The summed E-state index contributed by atoms with van der Waals surface area (Å²) < 4.78 is 41.2. The summed E-state index contributed by atoms with van der Waals surface area (Å²) in [4.78, 5) is 149. The maximum atomic E-state index is 14.1. The van der Waals surface area contributed by atoms with Gasteiger partial charge in [0.2, 0.25) is 5.78 Å². The third kappa shape index (κ3) is 17.6. The highest BCUT2D eigenvalue weighted by molar-refractivity contribution is 6.07. The predicted molar refractivity (Wildman–Crippen MR) is 304 cm³/mol. The van der Waals surface area contributed by atoms with Gasteiger partial charge in [-0.1, -0.05) is 76.4 Å². The Kier molecular flexibility index (Phi) is 23.6. The van der Waals surface area contributed by atoms with E-state index in [-0.39, 0.29) is 81.6 Å². The fourth-order valence-electron chi connectivity index (χ4n) is 8.43. The summed E-state index contributed by atoms with van der Waals surface area (Å²) in [7, 11) is 0. The van der Waals surface area contributed by atoms with E-state index in [0.29, 0.717) is 33.0 Å². The van der Waals surface area contributed by atoms with Gasteiger partial charge in [-0.2, -0.15) is 0 Å². The topological polar surface area (TPSA) is 293 Å². The number of hydrogen-bond donors (Lipinski definition) is 1. The van der Waals surface area contributed by atoms with Crippen molar-refractivity contribution in [1.29, 1.82) is 0 Å². The maximum Gasteiger partial charge on any atom is 0.339 e. The summed E-state index contributed by atoms with van der Waals surface area (Å²) in [6, 6.07) is 17.1. The van der Waals surface area contributed by atoms with Crippen LogP contribution >= 0.6 is 0 Å². The van der Waals surface area contributed by atoms with Gasteiger partial charge in [0.05, 0.1) is 60.7 Å². The van der Waals surface area contributed by atoms with Crippen molar-refractivity contribution in [2.75, 3.05) is 33.0 Å². The first-order valence-corrected chi connectivity index (χ1v) is 27.1. The number of aromatic nitrogens is 3. The van der Waals surface area contributed by atoms with Gasteiger partial charge in [-0.05, 0) is 116 Å². The lowest BCUT2D eigenvalue weighted by Crippen LogP contribution is -2.55. The van der Waals surface area contributed by atoms with Crippen LogP contribution < -0.4 is 22.8 Å². The number of hydrogen-bond acceptors (Lipinski definition) is 19. The first-order valence-electron chi connectivity index (χ1n) is 27.1. The smallest absolute Gasteiger partial charge is 0.339 e. The monoisotopic (exact) mass is 1150 g/mol. The second-order valence-corrected chi connectivity index (χ2v) is 21.3. The molecule has 0 aliphatic carbocycles. The number of carbonyl (C=O) groups excluding carboxylic acids is 8. The highest BCUT2D eigenvalue weighted by atomic mass is 16.6. The van der Waals surface area contributed by atoms with Crippen molar-refractivity contribution < 1.29 is 71.5 Å². The molecule has 3 aromatic carbocycles. The number of benzene rings is 3. The van der Waals surface area contributed by atoms with Crippen LogP contribution in [0.25, 0.3) is 0 Å². The van der Waals surface area contributed by atoms with E-state index in [1.165, 1.54) is 74.5 Å². The summed E-state index contributed by atoms with van der Waals surface area (Å²) in [6.45, 7) is 20.8. The molecule has 4 aromatic rings. The number of rotatable bonds is 32. The number of nitrogens with two attached hydrogens (primary N) is 1. The van der Waals surface area contributed by atoms with Crippen molar-refractivity contribution in [2.45, 2.75) is 144 Å². The van der Waals surface area contributed by atoms with Crippen LogP contribution in [0.15, 0.2) is 111 Å². The van der Waals surface area contributed by atoms with E-state index < -0.39 is 115 Å². The van der Waals surface area contributed by atoms with E-state index in [2.05, 4.69) is 13.2 Å². The van der Waals surface area contributed by atoms with Crippen LogP contribution in [0.5, 0.6) is 0 Å². The zero-order chi connectivity index (χ0) is 62.2. The van der Waals surface area contributed by atoms with E-state index in [9.17, 15) is 52.7 Å². The first-order chi connectivity index (χ1) is 38.9. The Morgan fingerprint density at radius 3 is 1.22 bits per heavy atom. The van der Waals surface area contributed by atoms with E-state index >= 15 is 0 Å². The van der Waals surface area contributed by atoms with Crippen LogP contribution in [-0.4, -0.2) is 116 Å². The van der Waals surface area contributed by atoms with E-state index in [1.54, 1.807) is 60.6 Å². The SMILES string of the molecule is C=C(C)C(=O)C(C)(C)OCC(C)(C)OC(=O)c1ccccc1C(=O)OCCn1c(=O)n(CCOC(=O)c2ccccc2C(=O)OC(C)(CC)CCOC(C)(N)C(=O)C(=C)C)c(=O)n(CCOC(=O)c2ccccc2C(=O)C(CC)CC)c1=O. The van der Waals surface area contributed by atoms with Crippen LogP contribution in [0.2, 0.25) is 0 Å². The second kappa shape index (κ2) is 29.2. The molecule has 22 nitrogen and oxygen atoms in total. The molecule has 83 heavy (non-hydrogen) atoms. The highest BCUT2D eigenvalue weighted by Gasteiger charge is 2.36. The number of esters is 5. The predicted octanol–water partition coefficient (Wildman–Crippen LogP) is 6.79. The van der Waals surface area contributed by atoms with E-state index in [4.69, 9.17) is 38.9 Å². The minimum Gasteiger partial charge on any atom is -0.460 e. The second-order valence-electron chi connectivity index (χ2n) is 21.3. The fraction of sp³-hybridized carbons (Fsp3) is 0.459. The van der Waals surface area contributed by atoms with Crippen molar-refractivity contribution in [2.24, 2.45) is 11.7 Å². The van der Waals surface area contributed by atoms with Crippen LogP contribution in [0, 0.1) is 5.92 Å². The molecule has 0 saturated heterocycles. The summed E-state index contributed by atoms with van der Waals surface area (Å²) >= 11 is 0. The van der Waals surface area contributed by atoms with Crippen molar-refractivity contribution in [3.63, 3.8) is 0 Å². The Bertz CT molecular complexity index is 3300. The maximum absolute atomic E-state index is 14.1. The molecule has 1 heterocycles. The molecule has 22 heteroatoms. The number of ether oxygens (including phenoxy) is 7. The molecule has 4 rings (SSSR count). The highest BCUT2D eigenvalue weighted by Crippen LogP contribution is 2.26. The van der Waals surface area contributed by atoms with Crippen molar-refractivity contribution in [3.8, 4) is 0 Å². The number of Topliss-reactive ketones (excluding diaryl/α,β-unsaturated/α-hetero) is 3. The largest absolute Gasteiger partial charge is 0.460 e. The molecular weight excluding hydrogens is 1080 g/mol. The molecule has 0 spiro atoms. The molecule has 0 saturated carbocycles. The lowest BCUT2D eigenvalue weighted by Gasteiger charge is -2.31. The zero-order valence-electron chi connectivity index (χ0n) is 49.2. The van der Waals surface area contributed by atoms with E-state index in [1.807, 2.05) is 13.8 Å². The molecule has 2 atom stereocenters. The Morgan fingerprint density at radius 2 is 0.855 bits per heavy atom. The van der Waals surface area contributed by atoms with Crippen LogP contribution in [0.3, 0.4) is 0 Å². The summed E-state index contributed by atoms with van der Waals surface area (Å²) in [5.74, 6) is -6.39. The molecular formula is C61H76N4O18. The summed E-state index contributed by atoms with van der Waals surface area (Å²) in [5.41, 5.74) is -3.35. The van der Waals surface area contributed by atoms with Gasteiger partial charge in [-0.25, -0.2) is 52.1 Å². The van der Waals surface area contributed by atoms with Crippen molar-refractivity contribution >= 4 is 47.2 Å². The number of nitrogens with zero attached hydrogens (tertiary/aromatic N) is 3. The average Bonchev–Trinajstić information content (AvgIpc) is 3.49. The molecule has 2 unspecified atom stereocenters. The van der Waals surface area contributed by atoms with E-state index in [0.717, 1.165) is 0 Å². The van der Waals surface area contributed by atoms with Gasteiger partial charge in [-0.15, -0.1) is 0 Å². The lowest BCUT2D eigenvalue weighted by molar-refractivity contribution is -0.144. The molecule has 0 bridgehead atoms. The molecule has 0 aliphatic rings. The van der Waals surface area contributed by atoms with Gasteiger partial charge < -0.3 is 33.2 Å². The van der Waals surface area contributed by atoms with Crippen molar-refractivity contribution in [3.05, 3.63) is 162 Å². The first kappa shape index (κ1) is 67.3. The Balaban J connectivity index is 1.60. The standard InChI is InChI=1S/C61H76N4O18/c1-14-40(15-2)47(66)41-23-17-18-24-42(41)50(69)77-34-30-63-55(74)64(31-35-78-51(70)43-25-19-21-27-45(43)53(72)82-58(8,9)37-81-59(10,11)48(67)38(4)5)57(76)65(56(63)75)32-36-79-52(71)44-26-20-22-28-46(44)54(73)83-60(12,16-3)29-33-80-61(13,62)49(68)39(6)7/h17-28,40H,4,6,14-16,29-37,62H2,1-3,5,7-13H3. The normalized spacial score (nSPS) is 13.0. The molecule has 0 aliphatic heterocycles. The Hall–Kier alpha value is -8.21.